The highest BCUT2D eigenvalue weighted by molar-refractivity contribution is 5.82. The van der Waals surface area contributed by atoms with Gasteiger partial charge in [0.15, 0.2) is 0 Å². The molecule has 2 aromatic rings. The fraction of sp³-hybridized carbons (Fsp3) is 0.500. The Labute approximate surface area is 135 Å². The molecule has 5 nitrogen and oxygen atoms in total. The first-order valence-corrected chi connectivity index (χ1v) is 8.01. The second-order valence-corrected chi connectivity index (χ2v) is 6.37. The van der Waals surface area contributed by atoms with Gasteiger partial charge in [0, 0.05) is 31.7 Å². The van der Waals surface area contributed by atoms with E-state index in [4.69, 9.17) is 9.15 Å². The Hall–Kier alpha value is -1.69. The molecule has 1 atom stereocenters. The zero-order valence-electron chi connectivity index (χ0n) is 13.7. The molecule has 124 valence electrons. The van der Waals surface area contributed by atoms with Crippen LogP contribution in [0.15, 0.2) is 27.4 Å². The summed E-state index contributed by atoms with van der Waals surface area (Å²) in [6, 6.07) is 5.74. The number of aliphatic hydroxyl groups excluding tert-OH is 1. The van der Waals surface area contributed by atoms with Gasteiger partial charge in [0.25, 0.3) is 0 Å². The van der Waals surface area contributed by atoms with Crippen LogP contribution in [0.5, 0.6) is 0 Å². The van der Waals surface area contributed by atoms with Gasteiger partial charge in [-0.2, -0.15) is 0 Å². The Bertz CT molecular complexity index is 753. The number of likely N-dealkylation sites (N-methyl/N-ethyl adjacent to an activating group) is 1. The zero-order valence-corrected chi connectivity index (χ0v) is 13.7. The normalized spacial score (nSPS) is 15.3. The SMILES string of the molecule is COCC(O)CN(C)Cc1cc(=O)oc2cc3c(cc12)CCC3. The van der Waals surface area contributed by atoms with E-state index in [1.807, 2.05) is 18.0 Å². The minimum absolute atomic E-state index is 0.301. The fourth-order valence-corrected chi connectivity index (χ4v) is 3.39. The summed E-state index contributed by atoms with van der Waals surface area (Å²) in [5.74, 6) is 0. The van der Waals surface area contributed by atoms with Gasteiger partial charge < -0.3 is 14.3 Å². The lowest BCUT2D eigenvalue weighted by Gasteiger charge is -2.20. The van der Waals surface area contributed by atoms with Crippen LogP contribution in [0, 0.1) is 0 Å². The highest BCUT2D eigenvalue weighted by Crippen LogP contribution is 2.28. The molecule has 1 aliphatic rings. The Morgan fingerprint density at radius 1 is 1.30 bits per heavy atom. The first-order chi connectivity index (χ1) is 11.1. The highest BCUT2D eigenvalue weighted by Gasteiger charge is 2.16. The second-order valence-electron chi connectivity index (χ2n) is 6.37. The van der Waals surface area contributed by atoms with Gasteiger partial charge in [-0.1, -0.05) is 0 Å². The van der Waals surface area contributed by atoms with Gasteiger partial charge >= 0.3 is 5.63 Å². The molecule has 0 aliphatic heterocycles. The molecule has 23 heavy (non-hydrogen) atoms. The van der Waals surface area contributed by atoms with Crippen molar-refractivity contribution in [1.29, 1.82) is 0 Å². The summed E-state index contributed by atoms with van der Waals surface area (Å²) in [4.78, 5) is 13.8. The van der Waals surface area contributed by atoms with Crippen molar-refractivity contribution in [3.8, 4) is 0 Å². The lowest BCUT2D eigenvalue weighted by atomic mass is 10.0. The topological polar surface area (TPSA) is 62.9 Å². The molecule has 0 radical (unpaired) electrons. The van der Waals surface area contributed by atoms with Gasteiger partial charge in [0.05, 0.1) is 12.7 Å². The third kappa shape index (κ3) is 3.63. The molecule has 0 amide bonds. The molecule has 1 unspecified atom stereocenters. The minimum Gasteiger partial charge on any atom is -0.423 e. The summed E-state index contributed by atoms with van der Waals surface area (Å²) in [6.07, 6.45) is 2.77. The maximum Gasteiger partial charge on any atom is 0.336 e. The van der Waals surface area contributed by atoms with Gasteiger partial charge in [-0.25, -0.2) is 4.79 Å². The van der Waals surface area contributed by atoms with Crippen molar-refractivity contribution in [3.05, 3.63) is 45.3 Å². The van der Waals surface area contributed by atoms with E-state index in [9.17, 15) is 9.90 Å². The number of benzene rings is 1. The van der Waals surface area contributed by atoms with Gasteiger partial charge in [-0.3, -0.25) is 4.90 Å². The van der Waals surface area contributed by atoms with E-state index < -0.39 is 6.10 Å². The molecule has 1 aromatic carbocycles. The highest BCUT2D eigenvalue weighted by atomic mass is 16.5. The zero-order chi connectivity index (χ0) is 16.4. The number of hydrogen-bond donors (Lipinski definition) is 1. The molecule has 5 heteroatoms. The lowest BCUT2D eigenvalue weighted by molar-refractivity contribution is 0.0419. The number of nitrogens with zero attached hydrogens (tertiary/aromatic N) is 1. The minimum atomic E-state index is -0.541. The lowest BCUT2D eigenvalue weighted by Crippen LogP contribution is -2.31. The summed E-state index contributed by atoms with van der Waals surface area (Å²) in [7, 11) is 3.49. The number of methoxy groups -OCH3 is 1. The van der Waals surface area contributed by atoms with Crippen LogP contribution in [0.1, 0.15) is 23.1 Å². The summed E-state index contributed by atoms with van der Waals surface area (Å²) in [6.45, 7) is 1.37. The third-order valence-electron chi connectivity index (χ3n) is 4.36. The van der Waals surface area contributed by atoms with Crippen LogP contribution in [0.2, 0.25) is 0 Å². The van der Waals surface area contributed by atoms with Gasteiger partial charge in [0.2, 0.25) is 0 Å². The summed E-state index contributed by atoms with van der Waals surface area (Å²) in [5.41, 5.74) is 3.93. The average molecular weight is 317 g/mol. The van der Waals surface area contributed by atoms with Crippen LogP contribution in [0.4, 0.5) is 0 Å². The maximum absolute atomic E-state index is 11.9. The molecule has 1 aliphatic carbocycles. The van der Waals surface area contributed by atoms with Gasteiger partial charge in [-0.15, -0.1) is 0 Å². The number of aliphatic hydroxyl groups is 1. The van der Waals surface area contributed by atoms with E-state index in [0.717, 1.165) is 30.2 Å². The van der Waals surface area contributed by atoms with Crippen LogP contribution < -0.4 is 5.63 Å². The molecule has 3 rings (SSSR count). The standard InChI is InChI=1S/C18H23NO4/c1-19(10-15(20)11-22-2)9-14-8-18(21)23-17-7-13-5-3-4-12(13)6-16(14)17/h6-8,15,20H,3-5,9-11H2,1-2H3. The molecule has 0 spiro atoms. The van der Waals surface area contributed by atoms with Crippen molar-refractivity contribution in [3.63, 3.8) is 0 Å². The number of rotatable bonds is 6. The first kappa shape index (κ1) is 16.2. The Kier molecular flexibility index (Phi) is 4.80. The largest absolute Gasteiger partial charge is 0.423 e. The van der Waals surface area contributed by atoms with Crippen molar-refractivity contribution in [2.75, 3.05) is 27.3 Å². The smallest absolute Gasteiger partial charge is 0.336 e. The van der Waals surface area contributed by atoms with E-state index >= 15 is 0 Å². The monoisotopic (exact) mass is 317 g/mol. The fourth-order valence-electron chi connectivity index (χ4n) is 3.39. The van der Waals surface area contributed by atoms with Crippen molar-refractivity contribution in [1.82, 2.24) is 4.90 Å². The Morgan fingerprint density at radius 2 is 2.04 bits per heavy atom. The molecule has 0 saturated carbocycles. The quantitative estimate of drug-likeness (QED) is 0.822. The molecule has 0 bridgehead atoms. The molecule has 1 N–H and O–H groups in total. The molecule has 1 aromatic heterocycles. The van der Waals surface area contributed by atoms with E-state index in [-0.39, 0.29) is 5.63 Å². The van der Waals surface area contributed by atoms with Crippen LogP contribution in [-0.2, 0) is 24.1 Å². The number of fused-ring (bicyclic) bond motifs is 2. The van der Waals surface area contributed by atoms with E-state index in [2.05, 4.69) is 6.07 Å². The van der Waals surface area contributed by atoms with Crippen molar-refractivity contribution < 1.29 is 14.3 Å². The van der Waals surface area contributed by atoms with Crippen molar-refractivity contribution in [2.45, 2.75) is 31.9 Å². The second kappa shape index (κ2) is 6.83. The van der Waals surface area contributed by atoms with Gasteiger partial charge in [0.1, 0.15) is 5.58 Å². The molecular formula is C18H23NO4. The third-order valence-corrected chi connectivity index (χ3v) is 4.36. The Morgan fingerprint density at radius 3 is 2.78 bits per heavy atom. The molecule has 1 heterocycles. The summed E-state index contributed by atoms with van der Waals surface area (Å²) in [5, 5.41) is 10.8. The maximum atomic E-state index is 11.9. The predicted molar refractivity (Wildman–Crippen MR) is 88.7 cm³/mol. The molecule has 0 saturated heterocycles. The summed E-state index contributed by atoms with van der Waals surface area (Å²) < 4.78 is 10.3. The first-order valence-electron chi connectivity index (χ1n) is 8.01. The van der Waals surface area contributed by atoms with Crippen LogP contribution in [0.3, 0.4) is 0 Å². The van der Waals surface area contributed by atoms with Gasteiger partial charge in [-0.05, 0) is 55.1 Å². The van der Waals surface area contributed by atoms with Crippen molar-refractivity contribution >= 4 is 11.0 Å². The summed E-state index contributed by atoms with van der Waals surface area (Å²) >= 11 is 0. The van der Waals surface area contributed by atoms with Crippen LogP contribution in [-0.4, -0.2) is 43.4 Å². The van der Waals surface area contributed by atoms with Crippen molar-refractivity contribution in [2.24, 2.45) is 0 Å². The van der Waals surface area contributed by atoms with Crippen LogP contribution in [0.25, 0.3) is 11.0 Å². The molecule has 0 fully saturated rings. The van der Waals surface area contributed by atoms with E-state index in [1.54, 1.807) is 13.2 Å². The van der Waals surface area contributed by atoms with Crippen LogP contribution >= 0.6 is 0 Å². The number of hydrogen-bond acceptors (Lipinski definition) is 5. The average Bonchev–Trinajstić information content (AvgIpc) is 2.92. The number of ether oxygens (including phenoxy) is 1. The molecular weight excluding hydrogens is 294 g/mol. The predicted octanol–water partition coefficient (Wildman–Crippen LogP) is 1.72. The Balaban J connectivity index is 1.89. The van der Waals surface area contributed by atoms with E-state index in [0.29, 0.717) is 25.3 Å². The number of aryl methyl sites for hydroxylation is 2. The van der Waals surface area contributed by atoms with E-state index in [1.165, 1.54) is 11.1 Å².